The van der Waals surface area contributed by atoms with E-state index in [1.807, 2.05) is 0 Å². The number of nitrogens with one attached hydrogen (secondary N) is 1. The SMILES string of the molecule is CC1(C)CCC(NS(=O)(=O)c2ccc(N)nc2)CC1. The molecule has 1 fully saturated rings. The molecule has 6 heteroatoms. The van der Waals surface area contributed by atoms with Gasteiger partial charge in [-0.25, -0.2) is 18.1 Å². The zero-order valence-electron chi connectivity index (χ0n) is 11.4. The van der Waals surface area contributed by atoms with Gasteiger partial charge in [0, 0.05) is 12.2 Å². The van der Waals surface area contributed by atoms with Gasteiger partial charge in [-0.3, -0.25) is 0 Å². The van der Waals surface area contributed by atoms with Crippen molar-refractivity contribution >= 4 is 15.8 Å². The Bertz CT molecular complexity index is 528. The molecule has 3 N–H and O–H groups in total. The maximum absolute atomic E-state index is 12.2. The molecule has 0 radical (unpaired) electrons. The van der Waals surface area contributed by atoms with E-state index in [2.05, 4.69) is 23.6 Å². The summed E-state index contributed by atoms with van der Waals surface area (Å²) in [5, 5.41) is 0. The van der Waals surface area contributed by atoms with Gasteiger partial charge in [-0.2, -0.15) is 0 Å². The number of hydrogen-bond acceptors (Lipinski definition) is 4. The number of aromatic nitrogens is 1. The lowest BCUT2D eigenvalue weighted by molar-refractivity contribution is 0.218. The highest BCUT2D eigenvalue weighted by molar-refractivity contribution is 7.89. The van der Waals surface area contributed by atoms with Crippen LogP contribution in [0.15, 0.2) is 23.2 Å². The van der Waals surface area contributed by atoms with Crippen molar-refractivity contribution < 1.29 is 8.42 Å². The van der Waals surface area contributed by atoms with Crippen molar-refractivity contribution in [1.82, 2.24) is 9.71 Å². The van der Waals surface area contributed by atoms with Gasteiger partial charge < -0.3 is 5.73 Å². The largest absolute Gasteiger partial charge is 0.384 e. The van der Waals surface area contributed by atoms with Crippen molar-refractivity contribution in [2.24, 2.45) is 5.41 Å². The van der Waals surface area contributed by atoms with Crippen LogP contribution >= 0.6 is 0 Å². The van der Waals surface area contributed by atoms with Gasteiger partial charge in [-0.15, -0.1) is 0 Å². The quantitative estimate of drug-likeness (QED) is 0.887. The van der Waals surface area contributed by atoms with E-state index in [9.17, 15) is 8.42 Å². The second-order valence-corrected chi connectivity index (χ2v) is 7.69. The minimum atomic E-state index is -3.48. The number of hydrogen-bond donors (Lipinski definition) is 2. The summed E-state index contributed by atoms with van der Waals surface area (Å²) in [4.78, 5) is 3.99. The Morgan fingerprint density at radius 3 is 2.47 bits per heavy atom. The van der Waals surface area contributed by atoms with Crippen molar-refractivity contribution in [2.75, 3.05) is 5.73 Å². The molecule has 0 atom stereocenters. The third-order valence-electron chi connectivity index (χ3n) is 3.73. The zero-order valence-corrected chi connectivity index (χ0v) is 12.2. The van der Waals surface area contributed by atoms with Gasteiger partial charge in [-0.05, 0) is 43.2 Å². The predicted molar refractivity (Wildman–Crippen MR) is 75.0 cm³/mol. The number of nitrogens with zero attached hydrogens (tertiary/aromatic N) is 1. The van der Waals surface area contributed by atoms with Gasteiger partial charge in [0.05, 0.1) is 0 Å². The number of nitrogens with two attached hydrogens (primary N) is 1. The summed E-state index contributed by atoms with van der Waals surface area (Å²) in [6.45, 7) is 4.45. The zero-order chi connectivity index (χ0) is 14.1. The maximum Gasteiger partial charge on any atom is 0.242 e. The van der Waals surface area contributed by atoms with Crippen LogP contribution in [0.2, 0.25) is 0 Å². The topological polar surface area (TPSA) is 85.1 Å². The number of anilines is 1. The van der Waals surface area contributed by atoms with E-state index < -0.39 is 10.0 Å². The van der Waals surface area contributed by atoms with Crippen molar-refractivity contribution in [1.29, 1.82) is 0 Å². The molecule has 1 aromatic heterocycles. The van der Waals surface area contributed by atoms with Gasteiger partial charge >= 0.3 is 0 Å². The highest BCUT2D eigenvalue weighted by Gasteiger charge is 2.29. The first-order valence-corrected chi connectivity index (χ1v) is 8.01. The highest BCUT2D eigenvalue weighted by Crippen LogP contribution is 2.35. The van der Waals surface area contributed by atoms with E-state index in [1.165, 1.54) is 18.3 Å². The van der Waals surface area contributed by atoms with Crippen LogP contribution in [0.3, 0.4) is 0 Å². The molecule has 2 rings (SSSR count). The lowest BCUT2D eigenvalue weighted by Gasteiger charge is -2.34. The number of rotatable bonds is 3. The van der Waals surface area contributed by atoms with Crippen LogP contribution < -0.4 is 10.5 Å². The summed E-state index contributed by atoms with van der Waals surface area (Å²) in [5.41, 5.74) is 5.78. The summed E-state index contributed by atoms with van der Waals surface area (Å²) in [5.74, 6) is 0.318. The second-order valence-electron chi connectivity index (χ2n) is 5.98. The Hall–Kier alpha value is -1.14. The smallest absolute Gasteiger partial charge is 0.242 e. The fraction of sp³-hybridized carbons (Fsp3) is 0.615. The second kappa shape index (κ2) is 5.09. The molecule has 0 spiro atoms. The fourth-order valence-corrected chi connectivity index (χ4v) is 3.60. The van der Waals surface area contributed by atoms with Crippen LogP contribution in [0.4, 0.5) is 5.82 Å². The van der Waals surface area contributed by atoms with Crippen LogP contribution in [-0.4, -0.2) is 19.4 Å². The molecule has 0 saturated heterocycles. The molecule has 1 saturated carbocycles. The van der Waals surface area contributed by atoms with E-state index in [4.69, 9.17) is 5.73 Å². The summed E-state index contributed by atoms with van der Waals surface area (Å²) in [7, 11) is -3.48. The van der Waals surface area contributed by atoms with E-state index in [0.717, 1.165) is 25.7 Å². The van der Waals surface area contributed by atoms with Crippen molar-refractivity contribution in [3.05, 3.63) is 18.3 Å². The molecule has 19 heavy (non-hydrogen) atoms. The molecule has 106 valence electrons. The fourth-order valence-electron chi connectivity index (χ4n) is 2.36. The van der Waals surface area contributed by atoms with Gasteiger partial charge in [0.25, 0.3) is 0 Å². The summed E-state index contributed by atoms with van der Waals surface area (Å²) in [6, 6.07) is 3.01. The molecule has 0 bridgehead atoms. The van der Waals surface area contributed by atoms with Crippen molar-refractivity contribution in [2.45, 2.75) is 50.5 Å². The van der Waals surface area contributed by atoms with Gasteiger partial charge in [-0.1, -0.05) is 13.8 Å². The maximum atomic E-state index is 12.2. The van der Waals surface area contributed by atoms with Crippen molar-refractivity contribution in [3.63, 3.8) is 0 Å². The minimum Gasteiger partial charge on any atom is -0.384 e. The van der Waals surface area contributed by atoms with Crippen LogP contribution in [-0.2, 0) is 10.0 Å². The molecular formula is C13H21N3O2S. The first kappa shape index (κ1) is 14.3. The lowest BCUT2D eigenvalue weighted by Crippen LogP contribution is -2.39. The van der Waals surface area contributed by atoms with E-state index in [-0.39, 0.29) is 10.9 Å². The summed E-state index contributed by atoms with van der Waals surface area (Å²) >= 11 is 0. The monoisotopic (exact) mass is 283 g/mol. The van der Waals surface area contributed by atoms with Crippen molar-refractivity contribution in [3.8, 4) is 0 Å². The molecule has 0 aliphatic heterocycles. The van der Waals surface area contributed by atoms with Crippen LogP contribution in [0.1, 0.15) is 39.5 Å². The molecule has 0 amide bonds. The molecule has 0 unspecified atom stereocenters. The van der Waals surface area contributed by atoms with E-state index in [1.54, 1.807) is 0 Å². The first-order chi connectivity index (χ1) is 8.78. The third-order valence-corrected chi connectivity index (χ3v) is 5.24. The predicted octanol–water partition coefficient (Wildman–Crippen LogP) is 1.91. The molecule has 1 aromatic rings. The van der Waals surface area contributed by atoms with Crippen LogP contribution in [0, 0.1) is 5.41 Å². The normalized spacial score (nSPS) is 20.3. The number of pyridine rings is 1. The van der Waals surface area contributed by atoms with Gasteiger partial charge in [0.15, 0.2) is 0 Å². The first-order valence-electron chi connectivity index (χ1n) is 6.52. The average molecular weight is 283 g/mol. The van der Waals surface area contributed by atoms with Crippen LogP contribution in [0.5, 0.6) is 0 Å². The standard InChI is InChI=1S/C13H21N3O2S/c1-13(2)7-5-10(6-8-13)16-19(17,18)11-3-4-12(14)15-9-11/h3-4,9-10,16H,5-8H2,1-2H3,(H2,14,15). The molecule has 1 heterocycles. The Morgan fingerprint density at radius 1 is 1.32 bits per heavy atom. The molecule has 0 aromatic carbocycles. The van der Waals surface area contributed by atoms with Crippen LogP contribution in [0.25, 0.3) is 0 Å². The summed E-state index contributed by atoms with van der Waals surface area (Å²) < 4.78 is 27.1. The Kier molecular flexibility index (Phi) is 3.82. The molecule has 1 aliphatic rings. The number of nitrogen functional groups attached to an aromatic ring is 1. The number of sulfonamides is 1. The molecule has 1 aliphatic carbocycles. The Morgan fingerprint density at radius 2 is 1.95 bits per heavy atom. The van der Waals surface area contributed by atoms with E-state index >= 15 is 0 Å². The summed E-state index contributed by atoms with van der Waals surface area (Å²) in [6.07, 6.45) is 5.15. The highest BCUT2D eigenvalue weighted by atomic mass is 32.2. The third kappa shape index (κ3) is 3.67. The van der Waals surface area contributed by atoms with Gasteiger partial charge in [0.2, 0.25) is 10.0 Å². The average Bonchev–Trinajstić information content (AvgIpc) is 2.32. The molecule has 5 nitrogen and oxygen atoms in total. The Labute approximate surface area is 114 Å². The molecular weight excluding hydrogens is 262 g/mol. The lowest BCUT2D eigenvalue weighted by atomic mass is 9.76. The Balaban J connectivity index is 2.04. The van der Waals surface area contributed by atoms with Gasteiger partial charge in [0.1, 0.15) is 10.7 Å². The minimum absolute atomic E-state index is 0.0237. The van der Waals surface area contributed by atoms with E-state index in [0.29, 0.717) is 11.2 Å².